The molecule has 0 spiro atoms. The van der Waals surface area contributed by atoms with E-state index in [9.17, 15) is 9.90 Å². The minimum atomic E-state index is -0.243. The summed E-state index contributed by atoms with van der Waals surface area (Å²) in [6, 6.07) is 22.0. The monoisotopic (exact) mass is 390 g/mol. The Balaban J connectivity index is 1.68. The number of hydrogen-bond donors (Lipinski definition) is 3. The highest BCUT2D eigenvalue weighted by Gasteiger charge is 2.21. The highest BCUT2D eigenvalue weighted by atomic mass is 35.5. The molecular weight excluding hydrogens is 372 g/mol. The Bertz CT molecular complexity index is 1140. The van der Waals surface area contributed by atoms with Crippen LogP contribution in [0.3, 0.4) is 0 Å². The summed E-state index contributed by atoms with van der Waals surface area (Å²) in [5.74, 6) is -0.300. The molecule has 0 fully saturated rings. The fourth-order valence-corrected chi connectivity index (χ4v) is 3.74. The zero-order chi connectivity index (χ0) is 19.5. The average Bonchev–Trinajstić information content (AvgIpc) is 3.13. The van der Waals surface area contributed by atoms with Gasteiger partial charge in [-0.25, -0.2) is 0 Å². The largest absolute Gasteiger partial charge is 0.508 e. The number of aromatic hydroxyl groups is 1. The first-order chi connectivity index (χ1) is 13.6. The third-order valence-corrected chi connectivity index (χ3v) is 5.20. The van der Waals surface area contributed by atoms with E-state index in [-0.39, 0.29) is 17.6 Å². The molecule has 0 saturated heterocycles. The maximum Gasteiger partial charge on any atom is 0.251 e. The number of aromatic nitrogens is 1. The Morgan fingerprint density at radius 3 is 2.61 bits per heavy atom. The lowest BCUT2D eigenvalue weighted by atomic mass is 9.90. The number of nitrogens with one attached hydrogen (secondary N) is 2. The quantitative estimate of drug-likeness (QED) is 0.444. The van der Waals surface area contributed by atoms with Gasteiger partial charge in [-0.3, -0.25) is 4.79 Å². The van der Waals surface area contributed by atoms with Gasteiger partial charge in [0, 0.05) is 40.1 Å². The van der Waals surface area contributed by atoms with Crippen molar-refractivity contribution in [3.8, 4) is 5.75 Å². The van der Waals surface area contributed by atoms with Crippen molar-refractivity contribution in [1.29, 1.82) is 0 Å². The smallest absolute Gasteiger partial charge is 0.251 e. The van der Waals surface area contributed by atoms with Gasteiger partial charge in [0.15, 0.2) is 0 Å². The van der Waals surface area contributed by atoms with Crippen LogP contribution in [0.5, 0.6) is 5.75 Å². The molecular formula is C23H19ClN2O2. The summed E-state index contributed by atoms with van der Waals surface area (Å²) >= 11 is 6.48. The standard InChI is InChI=1S/C23H19ClN2O2/c24-21-10-3-1-8-17(21)19(20-13-25-22-11-4-2-9-18(20)22)14-26-23(28)15-6-5-7-16(27)12-15/h1-13,19,25,27H,14H2,(H,26,28). The van der Waals surface area contributed by atoms with E-state index in [0.717, 1.165) is 22.0 Å². The summed E-state index contributed by atoms with van der Waals surface area (Å²) in [5.41, 5.74) is 3.47. The molecule has 1 amide bonds. The third-order valence-electron chi connectivity index (χ3n) is 4.85. The molecule has 1 heterocycles. The average molecular weight is 391 g/mol. The molecule has 0 aliphatic heterocycles. The highest BCUT2D eigenvalue weighted by Crippen LogP contribution is 2.34. The van der Waals surface area contributed by atoms with E-state index in [0.29, 0.717) is 17.1 Å². The van der Waals surface area contributed by atoms with E-state index in [1.165, 1.54) is 12.1 Å². The minimum absolute atomic E-state index is 0.0620. The summed E-state index contributed by atoms with van der Waals surface area (Å²) in [6.07, 6.45) is 1.97. The molecule has 0 saturated carbocycles. The molecule has 1 unspecified atom stereocenters. The molecule has 4 rings (SSSR count). The summed E-state index contributed by atoms with van der Waals surface area (Å²) in [4.78, 5) is 15.9. The van der Waals surface area contributed by atoms with Crippen molar-refractivity contribution in [3.63, 3.8) is 0 Å². The SMILES string of the molecule is O=C(NCC(c1ccccc1Cl)c1c[nH]c2ccccc12)c1cccc(O)c1. The van der Waals surface area contributed by atoms with Gasteiger partial charge in [0.1, 0.15) is 5.75 Å². The van der Waals surface area contributed by atoms with Gasteiger partial charge < -0.3 is 15.4 Å². The van der Waals surface area contributed by atoms with Gasteiger partial charge >= 0.3 is 0 Å². The maximum absolute atomic E-state index is 12.6. The van der Waals surface area contributed by atoms with Crippen molar-refractivity contribution in [1.82, 2.24) is 10.3 Å². The highest BCUT2D eigenvalue weighted by molar-refractivity contribution is 6.31. The normalized spacial score (nSPS) is 12.0. The summed E-state index contributed by atoms with van der Waals surface area (Å²) in [6.45, 7) is 0.375. The van der Waals surface area contributed by atoms with Gasteiger partial charge in [0.2, 0.25) is 0 Å². The van der Waals surface area contributed by atoms with Crippen molar-refractivity contribution < 1.29 is 9.90 Å². The third kappa shape index (κ3) is 3.59. The molecule has 3 N–H and O–H groups in total. The number of para-hydroxylation sites is 1. The van der Waals surface area contributed by atoms with Crippen molar-refractivity contribution >= 4 is 28.4 Å². The first-order valence-corrected chi connectivity index (χ1v) is 9.39. The van der Waals surface area contributed by atoms with Crippen LogP contribution in [0.25, 0.3) is 10.9 Å². The molecule has 5 heteroatoms. The Morgan fingerprint density at radius 1 is 1.00 bits per heavy atom. The van der Waals surface area contributed by atoms with Crippen LogP contribution in [0, 0.1) is 0 Å². The first kappa shape index (κ1) is 18.1. The Kier molecular flexibility index (Phi) is 5.04. The molecule has 0 bridgehead atoms. The van der Waals surface area contributed by atoms with E-state index in [1.807, 2.05) is 48.7 Å². The maximum atomic E-state index is 12.6. The van der Waals surface area contributed by atoms with Crippen molar-refractivity contribution in [3.05, 3.63) is 101 Å². The van der Waals surface area contributed by atoms with Gasteiger partial charge in [0.25, 0.3) is 5.91 Å². The zero-order valence-corrected chi connectivity index (χ0v) is 15.8. The second-order valence-corrected chi connectivity index (χ2v) is 7.03. The number of phenols is 1. The van der Waals surface area contributed by atoms with E-state index in [1.54, 1.807) is 12.1 Å². The van der Waals surface area contributed by atoms with Crippen LogP contribution < -0.4 is 5.32 Å². The van der Waals surface area contributed by atoms with Crippen LogP contribution in [0.1, 0.15) is 27.4 Å². The molecule has 3 aromatic carbocycles. The fraction of sp³-hybridized carbons (Fsp3) is 0.0870. The van der Waals surface area contributed by atoms with Crippen molar-refractivity contribution in [2.75, 3.05) is 6.54 Å². The molecule has 0 aliphatic carbocycles. The molecule has 4 nitrogen and oxygen atoms in total. The Morgan fingerprint density at radius 2 is 1.79 bits per heavy atom. The number of fused-ring (bicyclic) bond motifs is 1. The number of carbonyl (C=O) groups excluding carboxylic acids is 1. The van der Waals surface area contributed by atoms with Crippen LogP contribution in [0.2, 0.25) is 5.02 Å². The molecule has 1 atom stereocenters. The lowest BCUT2D eigenvalue weighted by molar-refractivity contribution is 0.0952. The second kappa shape index (κ2) is 7.79. The summed E-state index contributed by atoms with van der Waals surface area (Å²) < 4.78 is 0. The molecule has 140 valence electrons. The van der Waals surface area contributed by atoms with E-state index >= 15 is 0 Å². The molecule has 28 heavy (non-hydrogen) atoms. The predicted octanol–water partition coefficient (Wildman–Crippen LogP) is 5.09. The van der Waals surface area contributed by atoms with Crippen LogP contribution >= 0.6 is 11.6 Å². The first-order valence-electron chi connectivity index (χ1n) is 9.01. The van der Waals surface area contributed by atoms with Gasteiger partial charge in [-0.05, 0) is 41.5 Å². The number of hydrogen-bond acceptors (Lipinski definition) is 2. The lowest BCUT2D eigenvalue weighted by Gasteiger charge is -2.19. The van der Waals surface area contributed by atoms with Crippen molar-refractivity contribution in [2.24, 2.45) is 0 Å². The van der Waals surface area contributed by atoms with Crippen molar-refractivity contribution in [2.45, 2.75) is 5.92 Å². The summed E-state index contributed by atoms with van der Waals surface area (Å²) in [5, 5.41) is 14.4. The number of carbonyl (C=O) groups is 1. The molecule has 0 radical (unpaired) electrons. The summed E-state index contributed by atoms with van der Waals surface area (Å²) in [7, 11) is 0. The topological polar surface area (TPSA) is 65.1 Å². The Labute approximate surface area is 167 Å². The number of phenolic OH excluding ortho intramolecular Hbond substituents is 1. The number of halogens is 1. The van der Waals surface area contributed by atoms with Gasteiger partial charge in [-0.1, -0.05) is 54.1 Å². The van der Waals surface area contributed by atoms with Gasteiger partial charge in [-0.2, -0.15) is 0 Å². The number of H-pyrrole nitrogens is 1. The Hall–Kier alpha value is -3.24. The van der Waals surface area contributed by atoms with E-state index < -0.39 is 0 Å². The van der Waals surface area contributed by atoms with E-state index in [4.69, 9.17) is 11.6 Å². The minimum Gasteiger partial charge on any atom is -0.508 e. The van der Waals surface area contributed by atoms with Gasteiger partial charge in [-0.15, -0.1) is 0 Å². The second-order valence-electron chi connectivity index (χ2n) is 6.62. The number of benzene rings is 3. The molecule has 4 aromatic rings. The van der Waals surface area contributed by atoms with Crippen LogP contribution in [0.4, 0.5) is 0 Å². The number of aromatic amines is 1. The molecule has 1 aromatic heterocycles. The lowest BCUT2D eigenvalue weighted by Crippen LogP contribution is -2.29. The van der Waals surface area contributed by atoms with Crippen LogP contribution in [-0.2, 0) is 0 Å². The number of amides is 1. The van der Waals surface area contributed by atoms with Crippen LogP contribution in [-0.4, -0.2) is 22.5 Å². The predicted molar refractivity (Wildman–Crippen MR) is 112 cm³/mol. The van der Waals surface area contributed by atoms with Gasteiger partial charge in [0.05, 0.1) is 0 Å². The number of rotatable bonds is 5. The van der Waals surface area contributed by atoms with Crippen LogP contribution in [0.15, 0.2) is 79.0 Å². The van der Waals surface area contributed by atoms with E-state index in [2.05, 4.69) is 16.4 Å². The fourth-order valence-electron chi connectivity index (χ4n) is 3.47. The zero-order valence-electron chi connectivity index (χ0n) is 15.0. The molecule has 0 aliphatic rings.